The highest BCUT2D eigenvalue weighted by molar-refractivity contribution is 5.34. The van der Waals surface area contributed by atoms with Crippen LogP contribution in [0.25, 0.3) is 0 Å². The summed E-state index contributed by atoms with van der Waals surface area (Å²) in [7, 11) is 3.55. The molecule has 1 N–H and O–H groups in total. The molecule has 2 rings (SSSR count). The number of methoxy groups -OCH3 is 1. The molecule has 0 aromatic heterocycles. The molecule has 0 aliphatic rings. The molecular formula is C20H24N2O4. The van der Waals surface area contributed by atoms with Gasteiger partial charge in [0.2, 0.25) is 0 Å². The van der Waals surface area contributed by atoms with Crippen LogP contribution in [0, 0.1) is 11.3 Å². The van der Waals surface area contributed by atoms with Crippen LogP contribution in [-0.2, 0) is 0 Å². The topological polar surface area (TPSA) is 75.0 Å². The quantitative estimate of drug-likeness (QED) is 0.704. The Morgan fingerprint density at radius 1 is 1.00 bits per heavy atom. The molecule has 0 bridgehead atoms. The first-order valence-corrected chi connectivity index (χ1v) is 8.37. The maximum Gasteiger partial charge on any atom is 0.119 e. The maximum atomic E-state index is 10.1. The van der Waals surface area contributed by atoms with Gasteiger partial charge in [-0.1, -0.05) is 0 Å². The van der Waals surface area contributed by atoms with Crippen LogP contribution in [0.3, 0.4) is 0 Å². The van der Waals surface area contributed by atoms with E-state index in [1.54, 1.807) is 31.4 Å². The van der Waals surface area contributed by atoms with Crippen molar-refractivity contribution < 1.29 is 19.3 Å². The van der Waals surface area contributed by atoms with Crippen molar-refractivity contribution in [2.24, 2.45) is 0 Å². The smallest absolute Gasteiger partial charge is 0.119 e. The van der Waals surface area contributed by atoms with Crippen molar-refractivity contribution in [2.45, 2.75) is 6.10 Å². The molecule has 26 heavy (non-hydrogen) atoms. The average molecular weight is 356 g/mol. The summed E-state index contributed by atoms with van der Waals surface area (Å²) >= 11 is 0. The van der Waals surface area contributed by atoms with E-state index < -0.39 is 6.10 Å². The Bertz CT molecular complexity index is 695. The Hall–Kier alpha value is -2.75. The number of hydrogen-bond acceptors (Lipinski definition) is 6. The number of aliphatic hydroxyl groups is 1. The first kappa shape index (κ1) is 19.6. The van der Waals surface area contributed by atoms with Crippen LogP contribution in [0.15, 0.2) is 48.5 Å². The molecule has 0 spiro atoms. The number of hydrogen-bond donors (Lipinski definition) is 1. The van der Waals surface area contributed by atoms with E-state index in [2.05, 4.69) is 6.07 Å². The number of aliphatic hydroxyl groups excluding tert-OH is 1. The Morgan fingerprint density at radius 3 is 2.19 bits per heavy atom. The SMILES string of the molecule is COc1ccc(OCCN(C)CC(O)COc2ccc(C#N)cc2)cc1. The van der Waals surface area contributed by atoms with Crippen LogP contribution in [0.1, 0.15) is 5.56 Å². The van der Waals surface area contributed by atoms with E-state index in [0.29, 0.717) is 31.0 Å². The minimum absolute atomic E-state index is 0.190. The van der Waals surface area contributed by atoms with Crippen molar-refractivity contribution in [3.8, 4) is 23.3 Å². The molecule has 6 heteroatoms. The van der Waals surface area contributed by atoms with Gasteiger partial charge in [0.05, 0.1) is 18.7 Å². The van der Waals surface area contributed by atoms with Crippen molar-refractivity contribution in [1.82, 2.24) is 4.90 Å². The fraction of sp³-hybridized carbons (Fsp3) is 0.350. The third-order valence-corrected chi connectivity index (χ3v) is 3.75. The van der Waals surface area contributed by atoms with Crippen molar-refractivity contribution in [1.29, 1.82) is 5.26 Å². The van der Waals surface area contributed by atoms with Crippen molar-refractivity contribution >= 4 is 0 Å². The molecule has 0 saturated carbocycles. The normalized spacial score (nSPS) is 11.7. The van der Waals surface area contributed by atoms with E-state index in [9.17, 15) is 5.11 Å². The van der Waals surface area contributed by atoms with Crippen LogP contribution < -0.4 is 14.2 Å². The Balaban J connectivity index is 1.64. The first-order chi connectivity index (χ1) is 12.6. The molecule has 6 nitrogen and oxygen atoms in total. The average Bonchev–Trinajstić information content (AvgIpc) is 2.67. The lowest BCUT2D eigenvalue weighted by molar-refractivity contribution is 0.0723. The summed E-state index contributed by atoms with van der Waals surface area (Å²) in [5.74, 6) is 2.21. The third kappa shape index (κ3) is 6.63. The van der Waals surface area contributed by atoms with E-state index in [1.165, 1.54) is 0 Å². The van der Waals surface area contributed by atoms with Crippen LogP contribution in [-0.4, -0.2) is 56.6 Å². The molecule has 1 atom stereocenters. The van der Waals surface area contributed by atoms with Gasteiger partial charge in [-0.25, -0.2) is 0 Å². The predicted molar refractivity (Wildman–Crippen MR) is 98.6 cm³/mol. The highest BCUT2D eigenvalue weighted by Gasteiger charge is 2.09. The molecule has 0 heterocycles. The molecule has 0 fully saturated rings. The van der Waals surface area contributed by atoms with E-state index in [4.69, 9.17) is 19.5 Å². The second-order valence-electron chi connectivity index (χ2n) is 5.89. The van der Waals surface area contributed by atoms with Crippen LogP contribution >= 0.6 is 0 Å². The van der Waals surface area contributed by atoms with Gasteiger partial charge in [0.15, 0.2) is 0 Å². The third-order valence-electron chi connectivity index (χ3n) is 3.75. The van der Waals surface area contributed by atoms with E-state index in [1.807, 2.05) is 36.2 Å². The lowest BCUT2D eigenvalue weighted by Crippen LogP contribution is -2.35. The van der Waals surface area contributed by atoms with Gasteiger partial charge in [0.25, 0.3) is 0 Å². The van der Waals surface area contributed by atoms with Gasteiger partial charge in [0.1, 0.15) is 36.6 Å². The molecular weight excluding hydrogens is 332 g/mol. The molecule has 2 aromatic carbocycles. The largest absolute Gasteiger partial charge is 0.497 e. The number of likely N-dealkylation sites (N-methyl/N-ethyl adjacent to an activating group) is 1. The van der Waals surface area contributed by atoms with Gasteiger partial charge in [0, 0.05) is 13.1 Å². The van der Waals surface area contributed by atoms with Gasteiger partial charge in [-0.3, -0.25) is 0 Å². The summed E-state index contributed by atoms with van der Waals surface area (Å²) in [6, 6.07) is 16.3. The van der Waals surface area contributed by atoms with Crippen molar-refractivity contribution in [3.63, 3.8) is 0 Å². The van der Waals surface area contributed by atoms with Gasteiger partial charge in [-0.2, -0.15) is 5.26 Å². The second-order valence-corrected chi connectivity index (χ2v) is 5.89. The van der Waals surface area contributed by atoms with E-state index in [0.717, 1.165) is 11.5 Å². The molecule has 0 radical (unpaired) electrons. The van der Waals surface area contributed by atoms with Crippen molar-refractivity contribution in [2.75, 3.05) is 40.5 Å². The Morgan fingerprint density at radius 2 is 1.58 bits per heavy atom. The summed E-state index contributed by atoms with van der Waals surface area (Å²) in [5.41, 5.74) is 0.578. The highest BCUT2D eigenvalue weighted by atomic mass is 16.5. The standard InChI is InChI=1S/C20H24N2O4/c1-22(11-12-25-19-9-7-18(24-2)8-10-19)14-17(23)15-26-20-5-3-16(13-21)4-6-20/h3-10,17,23H,11-12,14-15H2,1-2H3. The lowest BCUT2D eigenvalue weighted by Gasteiger charge is -2.21. The molecule has 0 amide bonds. The summed E-state index contributed by atoms with van der Waals surface area (Å²) in [6.07, 6.45) is -0.614. The first-order valence-electron chi connectivity index (χ1n) is 8.37. The number of rotatable bonds is 10. The van der Waals surface area contributed by atoms with Crippen LogP contribution in [0.4, 0.5) is 0 Å². The zero-order chi connectivity index (χ0) is 18.8. The maximum absolute atomic E-state index is 10.1. The van der Waals surface area contributed by atoms with E-state index in [-0.39, 0.29) is 6.61 Å². The van der Waals surface area contributed by atoms with Gasteiger partial charge in [-0.15, -0.1) is 0 Å². The molecule has 0 aliphatic heterocycles. The van der Waals surface area contributed by atoms with Gasteiger partial charge < -0.3 is 24.2 Å². The van der Waals surface area contributed by atoms with Gasteiger partial charge in [-0.05, 0) is 55.6 Å². The van der Waals surface area contributed by atoms with E-state index >= 15 is 0 Å². The second kappa shape index (κ2) is 10.3. The monoisotopic (exact) mass is 356 g/mol. The predicted octanol–water partition coefficient (Wildman–Crippen LogP) is 2.32. The molecule has 2 aromatic rings. The zero-order valence-electron chi connectivity index (χ0n) is 15.1. The summed E-state index contributed by atoms with van der Waals surface area (Å²) in [6.45, 7) is 1.86. The summed E-state index contributed by atoms with van der Waals surface area (Å²) in [4.78, 5) is 1.98. The van der Waals surface area contributed by atoms with Crippen molar-refractivity contribution in [3.05, 3.63) is 54.1 Å². The Kier molecular flexibility index (Phi) is 7.75. The minimum atomic E-state index is -0.614. The summed E-state index contributed by atoms with van der Waals surface area (Å²) < 4.78 is 16.3. The lowest BCUT2D eigenvalue weighted by atomic mass is 10.2. The highest BCUT2D eigenvalue weighted by Crippen LogP contribution is 2.17. The fourth-order valence-corrected chi connectivity index (χ4v) is 2.31. The Labute approximate surface area is 154 Å². The van der Waals surface area contributed by atoms with Crippen LogP contribution in [0.5, 0.6) is 17.2 Å². The van der Waals surface area contributed by atoms with Crippen LogP contribution in [0.2, 0.25) is 0 Å². The number of nitriles is 1. The molecule has 138 valence electrons. The van der Waals surface area contributed by atoms with Gasteiger partial charge >= 0.3 is 0 Å². The number of nitrogens with zero attached hydrogens (tertiary/aromatic N) is 2. The molecule has 1 unspecified atom stereocenters. The summed E-state index contributed by atoms with van der Waals surface area (Å²) in [5, 5.41) is 18.8. The number of ether oxygens (including phenoxy) is 3. The number of benzene rings is 2. The fourth-order valence-electron chi connectivity index (χ4n) is 2.31. The molecule has 0 saturated heterocycles. The molecule has 0 aliphatic carbocycles. The minimum Gasteiger partial charge on any atom is -0.497 e. The zero-order valence-corrected chi connectivity index (χ0v) is 15.1.